The van der Waals surface area contributed by atoms with Crippen LogP contribution in [0, 0.1) is 5.82 Å². The zero-order valence-electron chi connectivity index (χ0n) is 18.2. The zero-order valence-corrected chi connectivity index (χ0v) is 19.0. The summed E-state index contributed by atoms with van der Waals surface area (Å²) in [6.07, 6.45) is 4.70. The Hall–Kier alpha value is -2.77. The molecule has 32 heavy (non-hydrogen) atoms. The maximum atomic E-state index is 14.3. The van der Waals surface area contributed by atoms with E-state index in [1.807, 2.05) is 37.3 Å². The Morgan fingerprint density at radius 2 is 1.91 bits per heavy atom. The summed E-state index contributed by atoms with van der Waals surface area (Å²) in [5.74, 6) is -0.606. The molecule has 0 saturated heterocycles. The molecule has 0 saturated carbocycles. The summed E-state index contributed by atoms with van der Waals surface area (Å²) >= 11 is 0. The van der Waals surface area contributed by atoms with E-state index in [0.717, 1.165) is 22.9 Å². The van der Waals surface area contributed by atoms with Gasteiger partial charge in [0.1, 0.15) is 5.82 Å². The number of nitrogens with zero attached hydrogens (tertiary/aromatic N) is 1. The molecule has 0 radical (unpaired) electrons. The van der Waals surface area contributed by atoms with E-state index in [0.29, 0.717) is 36.9 Å². The van der Waals surface area contributed by atoms with Crippen LogP contribution in [-0.2, 0) is 29.4 Å². The molecule has 1 aromatic heterocycles. The number of aryl methyl sites for hydroxylation is 2. The summed E-state index contributed by atoms with van der Waals surface area (Å²) in [6.45, 7) is 2.46. The molecule has 0 bridgehead atoms. The van der Waals surface area contributed by atoms with Crippen molar-refractivity contribution in [3.8, 4) is 11.1 Å². The van der Waals surface area contributed by atoms with Crippen LogP contribution >= 0.6 is 0 Å². The SMILES string of the molecule is CCn1ccc2c(c1=O)[C@H](Cc1cccc(-c3ccccc3F)c1)[C@H](NS(C)(=O)=O)CC2. The van der Waals surface area contributed by atoms with Crippen molar-refractivity contribution in [2.75, 3.05) is 6.26 Å². The predicted molar refractivity (Wildman–Crippen MR) is 125 cm³/mol. The summed E-state index contributed by atoms with van der Waals surface area (Å²) in [5.41, 5.74) is 3.77. The summed E-state index contributed by atoms with van der Waals surface area (Å²) in [5, 5.41) is 0. The van der Waals surface area contributed by atoms with Crippen molar-refractivity contribution in [3.05, 3.63) is 93.7 Å². The first-order valence-electron chi connectivity index (χ1n) is 10.8. The number of sulfonamides is 1. The lowest BCUT2D eigenvalue weighted by molar-refractivity contribution is 0.424. The van der Waals surface area contributed by atoms with Crippen LogP contribution in [0.15, 0.2) is 65.6 Å². The number of fused-ring (bicyclic) bond motifs is 1. The van der Waals surface area contributed by atoms with E-state index in [1.54, 1.807) is 29.0 Å². The number of benzene rings is 2. The normalized spacial score (nSPS) is 18.3. The minimum atomic E-state index is -3.45. The highest BCUT2D eigenvalue weighted by atomic mass is 32.2. The van der Waals surface area contributed by atoms with Gasteiger partial charge in [-0.1, -0.05) is 42.5 Å². The number of nitrogens with one attached hydrogen (secondary N) is 1. The Kier molecular flexibility index (Phi) is 6.31. The molecule has 0 unspecified atom stereocenters. The summed E-state index contributed by atoms with van der Waals surface area (Å²) in [4.78, 5) is 13.2. The molecule has 2 aromatic carbocycles. The minimum absolute atomic E-state index is 0.0692. The molecular weight excluding hydrogens is 427 g/mol. The molecule has 7 heteroatoms. The highest BCUT2D eigenvalue weighted by Crippen LogP contribution is 2.34. The van der Waals surface area contributed by atoms with Crippen LogP contribution in [0.2, 0.25) is 0 Å². The Balaban J connectivity index is 1.77. The molecule has 1 aliphatic carbocycles. The first kappa shape index (κ1) is 22.4. The molecule has 3 aromatic rings. The van der Waals surface area contributed by atoms with Crippen molar-refractivity contribution < 1.29 is 12.8 Å². The minimum Gasteiger partial charge on any atom is -0.316 e. The van der Waals surface area contributed by atoms with E-state index in [2.05, 4.69) is 4.72 Å². The summed E-state index contributed by atoms with van der Waals surface area (Å²) in [7, 11) is -3.45. The third-order valence-corrected chi connectivity index (χ3v) is 6.88. The van der Waals surface area contributed by atoms with E-state index in [-0.39, 0.29) is 23.3 Å². The van der Waals surface area contributed by atoms with Crippen LogP contribution in [0.1, 0.15) is 36.0 Å². The molecule has 1 aliphatic rings. The molecule has 168 valence electrons. The highest BCUT2D eigenvalue weighted by molar-refractivity contribution is 7.88. The lowest BCUT2D eigenvalue weighted by atomic mass is 9.77. The van der Waals surface area contributed by atoms with Crippen molar-refractivity contribution in [2.24, 2.45) is 0 Å². The Labute approximate surface area is 188 Å². The van der Waals surface area contributed by atoms with E-state index in [9.17, 15) is 17.6 Å². The van der Waals surface area contributed by atoms with Crippen LogP contribution in [0.3, 0.4) is 0 Å². The molecule has 0 aliphatic heterocycles. The van der Waals surface area contributed by atoms with Crippen LogP contribution in [0.4, 0.5) is 4.39 Å². The van der Waals surface area contributed by atoms with Gasteiger partial charge in [-0.05, 0) is 55.0 Å². The Morgan fingerprint density at radius 3 is 2.62 bits per heavy atom. The van der Waals surface area contributed by atoms with Gasteiger partial charge in [0.2, 0.25) is 10.0 Å². The van der Waals surface area contributed by atoms with Crippen molar-refractivity contribution >= 4 is 10.0 Å². The molecule has 1 N–H and O–H groups in total. The molecule has 0 fully saturated rings. The van der Waals surface area contributed by atoms with Gasteiger partial charge in [-0.2, -0.15) is 0 Å². The Bertz CT molecular complexity index is 1300. The largest absolute Gasteiger partial charge is 0.316 e. The maximum Gasteiger partial charge on any atom is 0.254 e. The second-order valence-corrected chi connectivity index (χ2v) is 10.2. The average Bonchev–Trinajstić information content (AvgIpc) is 2.75. The fraction of sp³-hybridized carbons (Fsp3) is 0.320. The van der Waals surface area contributed by atoms with Crippen molar-refractivity contribution in [2.45, 2.75) is 44.7 Å². The molecule has 0 spiro atoms. The number of hydrogen-bond acceptors (Lipinski definition) is 3. The van der Waals surface area contributed by atoms with E-state index >= 15 is 0 Å². The molecule has 4 rings (SSSR count). The lowest BCUT2D eigenvalue weighted by Gasteiger charge is -2.33. The molecular formula is C25H27FN2O3S. The first-order valence-corrected chi connectivity index (χ1v) is 12.7. The third kappa shape index (κ3) is 4.69. The van der Waals surface area contributed by atoms with Crippen LogP contribution in [0.25, 0.3) is 11.1 Å². The molecule has 0 amide bonds. The van der Waals surface area contributed by atoms with E-state index in [1.165, 1.54) is 6.07 Å². The van der Waals surface area contributed by atoms with Crippen molar-refractivity contribution in [3.63, 3.8) is 0 Å². The predicted octanol–water partition coefficient (Wildman–Crippen LogP) is 3.86. The van der Waals surface area contributed by atoms with Gasteiger partial charge in [0, 0.05) is 35.8 Å². The highest BCUT2D eigenvalue weighted by Gasteiger charge is 2.34. The fourth-order valence-electron chi connectivity index (χ4n) is 4.68. The fourth-order valence-corrected chi connectivity index (χ4v) is 5.51. The van der Waals surface area contributed by atoms with Crippen LogP contribution < -0.4 is 10.3 Å². The summed E-state index contributed by atoms with van der Waals surface area (Å²) in [6, 6.07) is 15.8. The van der Waals surface area contributed by atoms with Gasteiger partial charge < -0.3 is 4.57 Å². The number of rotatable bonds is 6. The van der Waals surface area contributed by atoms with Gasteiger partial charge in [0.15, 0.2) is 0 Å². The van der Waals surface area contributed by atoms with Gasteiger partial charge in [-0.15, -0.1) is 0 Å². The monoisotopic (exact) mass is 454 g/mol. The average molecular weight is 455 g/mol. The van der Waals surface area contributed by atoms with Crippen molar-refractivity contribution in [1.29, 1.82) is 0 Å². The molecule has 5 nitrogen and oxygen atoms in total. The van der Waals surface area contributed by atoms with Crippen molar-refractivity contribution in [1.82, 2.24) is 9.29 Å². The van der Waals surface area contributed by atoms with E-state index < -0.39 is 10.0 Å². The number of aromatic nitrogens is 1. The molecule has 2 atom stereocenters. The Morgan fingerprint density at radius 1 is 1.12 bits per heavy atom. The van der Waals surface area contributed by atoms with Crippen LogP contribution in [0.5, 0.6) is 0 Å². The van der Waals surface area contributed by atoms with Gasteiger partial charge >= 0.3 is 0 Å². The second-order valence-electron chi connectivity index (χ2n) is 8.37. The topological polar surface area (TPSA) is 68.2 Å². The smallest absolute Gasteiger partial charge is 0.254 e. The van der Waals surface area contributed by atoms with Gasteiger partial charge in [-0.25, -0.2) is 17.5 Å². The van der Waals surface area contributed by atoms with Gasteiger partial charge in [-0.3, -0.25) is 4.79 Å². The number of pyridine rings is 1. The quantitative estimate of drug-likeness (QED) is 0.615. The van der Waals surface area contributed by atoms with E-state index in [4.69, 9.17) is 0 Å². The number of halogens is 1. The standard InChI is InChI=1S/C25H27FN2O3S/c1-3-28-14-13-18-11-12-23(27-32(2,30)31)21(24(18)25(28)29)16-17-7-6-8-19(15-17)20-9-4-5-10-22(20)26/h4-10,13-15,21,23,27H,3,11-12,16H2,1-2H3/t21-,23-/m1/s1. The number of hydrogen-bond donors (Lipinski definition) is 1. The molecule has 1 heterocycles. The third-order valence-electron chi connectivity index (χ3n) is 6.15. The zero-order chi connectivity index (χ0) is 22.9. The maximum absolute atomic E-state index is 14.3. The van der Waals surface area contributed by atoms with Gasteiger partial charge in [0.25, 0.3) is 5.56 Å². The lowest BCUT2D eigenvalue weighted by Crippen LogP contribution is -2.45. The van der Waals surface area contributed by atoms with Gasteiger partial charge in [0.05, 0.1) is 6.26 Å². The summed E-state index contributed by atoms with van der Waals surface area (Å²) < 4.78 is 42.9. The van der Waals surface area contributed by atoms with Crippen LogP contribution in [-0.4, -0.2) is 25.3 Å². The first-order chi connectivity index (χ1) is 15.3. The second kappa shape index (κ2) is 9.00.